The summed E-state index contributed by atoms with van der Waals surface area (Å²) in [6, 6.07) is 6.69. The second-order valence-corrected chi connectivity index (χ2v) is 5.36. The molecule has 0 bridgehead atoms. The van der Waals surface area contributed by atoms with Crippen LogP contribution in [0, 0.1) is 0 Å². The van der Waals surface area contributed by atoms with Crippen molar-refractivity contribution < 1.29 is 14.4 Å². The number of anilines is 1. The van der Waals surface area contributed by atoms with Gasteiger partial charge in [-0.05, 0) is 30.7 Å². The van der Waals surface area contributed by atoms with Gasteiger partial charge in [0.1, 0.15) is 0 Å². The second kappa shape index (κ2) is 6.62. The van der Waals surface area contributed by atoms with Crippen LogP contribution in [-0.2, 0) is 14.4 Å². The van der Waals surface area contributed by atoms with Crippen LogP contribution in [0.3, 0.4) is 0 Å². The molecule has 0 radical (unpaired) electrons. The Morgan fingerprint density at radius 2 is 2.00 bits per heavy atom. The van der Waals surface area contributed by atoms with Crippen LogP contribution in [0.2, 0.25) is 0 Å². The molecule has 3 N–H and O–H groups in total. The van der Waals surface area contributed by atoms with Crippen molar-refractivity contribution in [1.82, 2.24) is 10.6 Å². The molecule has 1 saturated heterocycles. The van der Waals surface area contributed by atoms with E-state index >= 15 is 0 Å². The third-order valence-electron chi connectivity index (χ3n) is 2.88. The smallest absolute Gasteiger partial charge is 0.243 e. The van der Waals surface area contributed by atoms with Crippen LogP contribution in [-0.4, -0.2) is 30.3 Å². The zero-order valence-corrected chi connectivity index (χ0v) is 12.2. The highest BCUT2D eigenvalue weighted by atomic mass is 79.9. The van der Waals surface area contributed by atoms with Crippen LogP contribution in [0.1, 0.15) is 12.8 Å². The van der Waals surface area contributed by atoms with E-state index in [0.29, 0.717) is 12.1 Å². The number of nitrogens with one attached hydrogen (secondary N) is 3. The first-order valence-electron chi connectivity index (χ1n) is 6.17. The van der Waals surface area contributed by atoms with Crippen LogP contribution >= 0.6 is 15.9 Å². The fourth-order valence-electron chi connectivity index (χ4n) is 1.84. The minimum atomic E-state index is -0.497. The molecule has 7 heteroatoms. The van der Waals surface area contributed by atoms with Crippen molar-refractivity contribution in [3.05, 3.63) is 28.7 Å². The lowest BCUT2D eigenvalue weighted by Gasteiger charge is -2.21. The molecule has 1 aromatic carbocycles. The van der Waals surface area contributed by atoms with Crippen LogP contribution in [0.4, 0.5) is 5.69 Å². The first kappa shape index (κ1) is 14.7. The summed E-state index contributed by atoms with van der Waals surface area (Å²) in [7, 11) is 0. The lowest BCUT2D eigenvalue weighted by molar-refractivity contribution is -0.134. The number of hydrogen-bond acceptors (Lipinski definition) is 4. The van der Waals surface area contributed by atoms with Crippen molar-refractivity contribution in [2.75, 3.05) is 11.9 Å². The normalized spacial score (nSPS) is 18.6. The zero-order chi connectivity index (χ0) is 14.5. The summed E-state index contributed by atoms with van der Waals surface area (Å²) < 4.78 is 0.928. The number of hydrogen-bond donors (Lipinski definition) is 3. The molecule has 3 amide bonds. The minimum absolute atomic E-state index is 0.0162. The summed E-state index contributed by atoms with van der Waals surface area (Å²) in [4.78, 5) is 34.2. The number of benzene rings is 1. The average Bonchev–Trinajstić information content (AvgIpc) is 2.40. The summed E-state index contributed by atoms with van der Waals surface area (Å²) in [5.41, 5.74) is 0.684. The van der Waals surface area contributed by atoms with E-state index in [4.69, 9.17) is 0 Å². The van der Waals surface area contributed by atoms with E-state index in [1.807, 2.05) is 12.1 Å². The minimum Gasteiger partial charge on any atom is -0.325 e. The standard InChI is InChI=1S/C13H14BrN3O3/c14-8-1-3-9(4-2-8)16-12(19)7-15-10-5-6-11(18)17-13(10)20/h1-4,10,15H,5-7H2,(H,16,19)(H,17,18,20). The second-order valence-electron chi connectivity index (χ2n) is 4.44. The van der Waals surface area contributed by atoms with Crippen molar-refractivity contribution in [1.29, 1.82) is 0 Å². The lowest BCUT2D eigenvalue weighted by atomic mass is 10.1. The molecule has 20 heavy (non-hydrogen) atoms. The molecule has 0 saturated carbocycles. The molecule has 1 heterocycles. The highest BCUT2D eigenvalue weighted by molar-refractivity contribution is 9.10. The van der Waals surface area contributed by atoms with Gasteiger partial charge in [-0.2, -0.15) is 0 Å². The van der Waals surface area contributed by atoms with Gasteiger partial charge in [0.25, 0.3) is 0 Å². The maximum absolute atomic E-state index is 11.7. The lowest BCUT2D eigenvalue weighted by Crippen LogP contribution is -2.52. The van der Waals surface area contributed by atoms with E-state index < -0.39 is 6.04 Å². The summed E-state index contributed by atoms with van der Waals surface area (Å²) in [6.45, 7) is 0.0162. The molecule has 106 valence electrons. The van der Waals surface area contributed by atoms with Crippen molar-refractivity contribution in [3.63, 3.8) is 0 Å². The van der Waals surface area contributed by atoms with Gasteiger partial charge in [0.2, 0.25) is 17.7 Å². The van der Waals surface area contributed by atoms with Gasteiger partial charge in [-0.1, -0.05) is 15.9 Å². The summed E-state index contributed by atoms with van der Waals surface area (Å²) in [6.07, 6.45) is 0.702. The SMILES string of the molecule is O=C1CCC(NCC(=O)Nc2ccc(Br)cc2)C(=O)N1. The Labute approximate surface area is 124 Å². The number of imide groups is 1. The largest absolute Gasteiger partial charge is 0.325 e. The fourth-order valence-corrected chi connectivity index (χ4v) is 2.11. The Hall–Kier alpha value is -1.73. The number of carbonyl (C=O) groups excluding carboxylic acids is 3. The van der Waals surface area contributed by atoms with E-state index in [2.05, 4.69) is 31.9 Å². The van der Waals surface area contributed by atoms with Crippen molar-refractivity contribution in [3.8, 4) is 0 Å². The molecule has 0 spiro atoms. The summed E-state index contributed by atoms with van der Waals surface area (Å²) in [5, 5.41) is 7.78. The van der Waals surface area contributed by atoms with E-state index in [9.17, 15) is 14.4 Å². The zero-order valence-electron chi connectivity index (χ0n) is 10.6. The molecular formula is C13H14BrN3O3. The highest BCUT2D eigenvalue weighted by Crippen LogP contribution is 2.13. The number of rotatable bonds is 4. The molecule has 6 nitrogen and oxygen atoms in total. The van der Waals surface area contributed by atoms with Crippen LogP contribution in [0.25, 0.3) is 0 Å². The third-order valence-corrected chi connectivity index (χ3v) is 3.40. The van der Waals surface area contributed by atoms with E-state index in [-0.39, 0.29) is 30.7 Å². The monoisotopic (exact) mass is 339 g/mol. The topological polar surface area (TPSA) is 87.3 Å². The Balaban J connectivity index is 1.79. The van der Waals surface area contributed by atoms with Crippen LogP contribution < -0.4 is 16.0 Å². The van der Waals surface area contributed by atoms with E-state index in [1.54, 1.807) is 12.1 Å². The predicted octanol–water partition coefficient (Wildman–Crippen LogP) is 0.782. The Kier molecular flexibility index (Phi) is 4.86. The summed E-state index contributed by atoms with van der Waals surface area (Å²) in [5.74, 6) is -0.887. The Morgan fingerprint density at radius 1 is 1.30 bits per heavy atom. The molecule has 2 rings (SSSR count). The maximum atomic E-state index is 11.7. The van der Waals surface area contributed by atoms with Gasteiger partial charge in [0.15, 0.2) is 0 Å². The third kappa shape index (κ3) is 4.14. The molecule has 1 unspecified atom stereocenters. The van der Waals surface area contributed by atoms with Crippen molar-refractivity contribution in [2.45, 2.75) is 18.9 Å². The first-order chi connectivity index (χ1) is 9.54. The van der Waals surface area contributed by atoms with Gasteiger partial charge >= 0.3 is 0 Å². The summed E-state index contributed by atoms with van der Waals surface area (Å²) >= 11 is 3.31. The molecule has 1 aromatic rings. The van der Waals surface area contributed by atoms with Gasteiger partial charge in [0, 0.05) is 16.6 Å². The quantitative estimate of drug-likeness (QED) is 0.707. The van der Waals surface area contributed by atoms with Gasteiger partial charge in [-0.3, -0.25) is 25.0 Å². The molecule has 1 atom stereocenters. The number of carbonyl (C=O) groups is 3. The van der Waals surface area contributed by atoms with Gasteiger partial charge in [-0.25, -0.2) is 0 Å². The van der Waals surface area contributed by atoms with Gasteiger partial charge in [-0.15, -0.1) is 0 Å². The average molecular weight is 340 g/mol. The highest BCUT2D eigenvalue weighted by Gasteiger charge is 2.26. The van der Waals surface area contributed by atoms with Crippen LogP contribution in [0.15, 0.2) is 28.7 Å². The fraction of sp³-hybridized carbons (Fsp3) is 0.308. The van der Waals surface area contributed by atoms with Gasteiger partial charge in [0.05, 0.1) is 12.6 Å². The maximum Gasteiger partial charge on any atom is 0.243 e. The predicted molar refractivity (Wildman–Crippen MR) is 76.9 cm³/mol. The van der Waals surface area contributed by atoms with Crippen molar-refractivity contribution >= 4 is 39.3 Å². The number of amides is 3. The molecule has 1 aliphatic rings. The Morgan fingerprint density at radius 3 is 2.65 bits per heavy atom. The van der Waals surface area contributed by atoms with E-state index in [1.165, 1.54) is 0 Å². The van der Waals surface area contributed by atoms with Crippen LogP contribution in [0.5, 0.6) is 0 Å². The van der Waals surface area contributed by atoms with E-state index in [0.717, 1.165) is 4.47 Å². The number of halogens is 1. The molecule has 1 aliphatic heterocycles. The number of piperidine rings is 1. The molecular weight excluding hydrogens is 326 g/mol. The Bertz CT molecular complexity index is 530. The van der Waals surface area contributed by atoms with Gasteiger partial charge < -0.3 is 5.32 Å². The molecule has 1 fully saturated rings. The molecule has 0 aliphatic carbocycles. The first-order valence-corrected chi connectivity index (χ1v) is 6.96. The van der Waals surface area contributed by atoms with Crippen molar-refractivity contribution in [2.24, 2.45) is 0 Å². The molecule has 0 aromatic heterocycles.